The lowest BCUT2D eigenvalue weighted by molar-refractivity contribution is 0.0594. The van der Waals surface area contributed by atoms with Gasteiger partial charge in [0.25, 0.3) is 0 Å². The van der Waals surface area contributed by atoms with Gasteiger partial charge in [0.05, 0.1) is 26.0 Å². The maximum Gasteiger partial charge on any atom is 0.356 e. The molecule has 0 unspecified atom stereocenters. The van der Waals surface area contributed by atoms with E-state index in [2.05, 4.69) is 30.6 Å². The average Bonchev–Trinajstić information content (AvgIpc) is 2.38. The first-order valence-corrected chi connectivity index (χ1v) is 6.09. The van der Waals surface area contributed by atoms with E-state index in [0.29, 0.717) is 23.5 Å². The third-order valence-corrected chi connectivity index (χ3v) is 3.16. The van der Waals surface area contributed by atoms with E-state index < -0.39 is 5.97 Å². The first-order chi connectivity index (χ1) is 8.22. The molecule has 0 bridgehead atoms. The molecule has 1 aromatic rings. The quantitative estimate of drug-likeness (QED) is 0.611. The fourth-order valence-electron chi connectivity index (χ4n) is 1.69. The maximum atomic E-state index is 11.3. The van der Waals surface area contributed by atoms with E-state index in [1.807, 2.05) is 6.07 Å². The Balaban J connectivity index is 2.21. The predicted octanol–water partition coefficient (Wildman–Crippen LogP) is 1.47. The van der Waals surface area contributed by atoms with E-state index in [1.165, 1.54) is 7.11 Å². The van der Waals surface area contributed by atoms with Crippen molar-refractivity contribution < 1.29 is 14.3 Å². The Kier molecular flexibility index (Phi) is 3.96. The predicted molar refractivity (Wildman–Crippen MR) is 66.3 cm³/mol. The summed E-state index contributed by atoms with van der Waals surface area (Å²) in [7, 11) is 1.34. The topological polar surface area (TPSA) is 51.7 Å². The number of halogens is 1. The lowest BCUT2D eigenvalue weighted by atomic mass is 10.3. The zero-order valence-corrected chi connectivity index (χ0v) is 11.1. The van der Waals surface area contributed by atoms with Crippen molar-refractivity contribution in [3.8, 4) is 0 Å². The van der Waals surface area contributed by atoms with Crippen LogP contribution in [-0.4, -0.2) is 44.4 Å². The van der Waals surface area contributed by atoms with Crippen LogP contribution < -0.4 is 4.90 Å². The Bertz CT molecular complexity index is 419. The van der Waals surface area contributed by atoms with Crippen LogP contribution in [0.25, 0.3) is 0 Å². The van der Waals surface area contributed by atoms with Crippen LogP contribution in [0, 0.1) is 0 Å². The number of aromatic nitrogens is 1. The van der Waals surface area contributed by atoms with Crippen molar-refractivity contribution in [3.63, 3.8) is 0 Å². The summed E-state index contributed by atoms with van der Waals surface area (Å²) in [6.07, 6.45) is 0. The number of rotatable bonds is 2. The van der Waals surface area contributed by atoms with Gasteiger partial charge in [0.15, 0.2) is 0 Å². The molecule has 1 aliphatic heterocycles. The van der Waals surface area contributed by atoms with Gasteiger partial charge in [-0.15, -0.1) is 0 Å². The van der Waals surface area contributed by atoms with E-state index in [1.54, 1.807) is 6.07 Å². The molecular weight excluding hydrogens is 288 g/mol. The molecule has 2 heterocycles. The minimum atomic E-state index is -0.431. The highest BCUT2D eigenvalue weighted by molar-refractivity contribution is 9.10. The molecular formula is C11H13BrN2O3. The van der Waals surface area contributed by atoms with Crippen molar-refractivity contribution in [2.45, 2.75) is 0 Å². The Labute approximate surface area is 108 Å². The van der Waals surface area contributed by atoms with Crippen molar-refractivity contribution in [1.29, 1.82) is 0 Å². The Morgan fingerprint density at radius 1 is 1.47 bits per heavy atom. The Morgan fingerprint density at radius 3 is 2.76 bits per heavy atom. The van der Waals surface area contributed by atoms with Crippen LogP contribution in [0.4, 0.5) is 5.69 Å². The van der Waals surface area contributed by atoms with Crippen LogP contribution in [0.1, 0.15) is 10.5 Å². The first kappa shape index (κ1) is 12.3. The molecule has 1 aromatic heterocycles. The molecule has 0 aromatic carbocycles. The van der Waals surface area contributed by atoms with Gasteiger partial charge in [-0.05, 0) is 28.1 Å². The number of carbonyl (C=O) groups excluding carboxylic acids is 1. The lowest BCUT2D eigenvalue weighted by Gasteiger charge is -2.29. The van der Waals surface area contributed by atoms with Gasteiger partial charge in [0, 0.05) is 13.1 Å². The molecule has 17 heavy (non-hydrogen) atoms. The number of ether oxygens (including phenoxy) is 2. The fraction of sp³-hybridized carbons (Fsp3) is 0.455. The third kappa shape index (κ3) is 2.76. The molecule has 0 amide bonds. The number of hydrogen-bond acceptors (Lipinski definition) is 5. The van der Waals surface area contributed by atoms with Gasteiger partial charge in [0.2, 0.25) is 0 Å². The van der Waals surface area contributed by atoms with Gasteiger partial charge < -0.3 is 14.4 Å². The second-order valence-corrected chi connectivity index (χ2v) is 4.35. The van der Waals surface area contributed by atoms with Crippen molar-refractivity contribution in [1.82, 2.24) is 4.98 Å². The largest absolute Gasteiger partial charge is 0.464 e. The number of morpholine rings is 1. The normalized spacial score (nSPS) is 15.8. The minimum Gasteiger partial charge on any atom is -0.464 e. The number of pyridine rings is 1. The second kappa shape index (κ2) is 5.46. The molecule has 0 radical (unpaired) electrons. The van der Waals surface area contributed by atoms with Gasteiger partial charge in [0.1, 0.15) is 10.3 Å². The molecule has 92 valence electrons. The summed E-state index contributed by atoms with van der Waals surface area (Å²) < 4.78 is 10.6. The Hall–Kier alpha value is -1.14. The molecule has 6 heteroatoms. The number of esters is 1. The lowest BCUT2D eigenvalue weighted by Crippen LogP contribution is -2.36. The number of carbonyl (C=O) groups is 1. The van der Waals surface area contributed by atoms with Crippen molar-refractivity contribution in [3.05, 3.63) is 22.4 Å². The van der Waals surface area contributed by atoms with E-state index in [4.69, 9.17) is 4.74 Å². The van der Waals surface area contributed by atoms with Crippen LogP contribution >= 0.6 is 15.9 Å². The minimum absolute atomic E-state index is 0.302. The highest BCUT2D eigenvalue weighted by Gasteiger charge is 2.16. The highest BCUT2D eigenvalue weighted by atomic mass is 79.9. The first-order valence-electron chi connectivity index (χ1n) is 5.30. The van der Waals surface area contributed by atoms with E-state index in [9.17, 15) is 4.79 Å². The van der Waals surface area contributed by atoms with E-state index in [-0.39, 0.29) is 0 Å². The Morgan fingerprint density at radius 2 is 2.18 bits per heavy atom. The van der Waals surface area contributed by atoms with Crippen LogP contribution in [0.3, 0.4) is 0 Å². The van der Waals surface area contributed by atoms with Gasteiger partial charge >= 0.3 is 5.97 Å². The maximum absolute atomic E-state index is 11.3. The second-order valence-electron chi connectivity index (χ2n) is 3.60. The molecule has 2 rings (SSSR count). The number of methoxy groups -OCH3 is 1. The van der Waals surface area contributed by atoms with Crippen molar-refractivity contribution >= 4 is 27.6 Å². The number of anilines is 1. The molecule has 1 saturated heterocycles. The van der Waals surface area contributed by atoms with Gasteiger partial charge in [-0.2, -0.15) is 0 Å². The summed E-state index contributed by atoms with van der Waals surface area (Å²) >= 11 is 3.38. The van der Waals surface area contributed by atoms with Crippen LogP contribution in [0.15, 0.2) is 16.7 Å². The molecule has 1 fully saturated rings. The monoisotopic (exact) mass is 300 g/mol. The summed E-state index contributed by atoms with van der Waals surface area (Å²) in [5, 5.41) is 0. The van der Waals surface area contributed by atoms with E-state index >= 15 is 0 Å². The van der Waals surface area contributed by atoms with Crippen LogP contribution in [0.2, 0.25) is 0 Å². The summed E-state index contributed by atoms with van der Waals surface area (Å²) in [6, 6.07) is 3.54. The molecule has 0 N–H and O–H groups in total. The van der Waals surface area contributed by atoms with Gasteiger partial charge in [-0.1, -0.05) is 0 Å². The molecule has 0 saturated carbocycles. The number of hydrogen-bond donors (Lipinski definition) is 0. The average molecular weight is 301 g/mol. The van der Waals surface area contributed by atoms with Crippen molar-refractivity contribution in [2.75, 3.05) is 38.3 Å². The van der Waals surface area contributed by atoms with Crippen LogP contribution in [0.5, 0.6) is 0 Å². The standard InChI is InChI=1S/C11H13BrN2O3/c1-16-11(15)8-2-3-9(10(12)13-8)14-4-6-17-7-5-14/h2-3H,4-7H2,1H3. The molecule has 5 nitrogen and oxygen atoms in total. The third-order valence-electron chi connectivity index (χ3n) is 2.58. The van der Waals surface area contributed by atoms with Gasteiger partial charge in [-0.25, -0.2) is 9.78 Å². The van der Waals surface area contributed by atoms with Crippen molar-refractivity contribution in [2.24, 2.45) is 0 Å². The zero-order valence-electron chi connectivity index (χ0n) is 9.48. The fourth-order valence-corrected chi connectivity index (χ4v) is 2.26. The molecule has 0 spiro atoms. The highest BCUT2D eigenvalue weighted by Crippen LogP contribution is 2.25. The number of nitrogens with zero attached hydrogens (tertiary/aromatic N) is 2. The van der Waals surface area contributed by atoms with Crippen LogP contribution in [-0.2, 0) is 9.47 Å². The van der Waals surface area contributed by atoms with E-state index in [0.717, 1.165) is 18.8 Å². The zero-order chi connectivity index (χ0) is 12.3. The smallest absolute Gasteiger partial charge is 0.356 e. The summed E-state index contributed by atoms with van der Waals surface area (Å²) in [6.45, 7) is 3.09. The molecule has 0 aliphatic carbocycles. The van der Waals surface area contributed by atoms with Gasteiger partial charge in [-0.3, -0.25) is 0 Å². The molecule has 1 aliphatic rings. The summed E-state index contributed by atoms with van der Waals surface area (Å²) in [5.74, 6) is -0.431. The SMILES string of the molecule is COC(=O)c1ccc(N2CCOCC2)c(Br)n1. The molecule has 0 atom stereocenters. The summed E-state index contributed by atoms with van der Waals surface area (Å²) in [4.78, 5) is 17.7. The summed E-state index contributed by atoms with van der Waals surface area (Å²) in [5.41, 5.74) is 1.28.